The van der Waals surface area contributed by atoms with Crippen LogP contribution >= 0.6 is 8.46 Å². The quantitative estimate of drug-likeness (QED) is 0.350. The third-order valence-corrected chi connectivity index (χ3v) is 4.03. The summed E-state index contributed by atoms with van der Waals surface area (Å²) < 4.78 is 11.6. The highest BCUT2D eigenvalue weighted by atomic mass is 31.1. The summed E-state index contributed by atoms with van der Waals surface area (Å²) >= 11 is 0. The number of nitrogens with two attached hydrogens (primary N) is 1. The van der Waals surface area contributed by atoms with Gasteiger partial charge in [0.05, 0.1) is 0 Å². The van der Waals surface area contributed by atoms with Crippen molar-refractivity contribution < 1.29 is 14.2 Å². The van der Waals surface area contributed by atoms with Gasteiger partial charge in [-0.2, -0.15) is 0 Å². The van der Waals surface area contributed by atoms with E-state index in [9.17, 15) is 14.2 Å². The Labute approximate surface area is 108 Å². The SMILES string of the molecule is CCCN[C@@]1([PH+]=O)C(=O)N(N)CCC1NC(C)=O. The van der Waals surface area contributed by atoms with Crippen molar-refractivity contribution in [3.05, 3.63) is 0 Å². The van der Waals surface area contributed by atoms with Gasteiger partial charge in [0.2, 0.25) is 5.91 Å². The van der Waals surface area contributed by atoms with E-state index in [1.165, 1.54) is 6.92 Å². The molecule has 0 aromatic heterocycles. The van der Waals surface area contributed by atoms with Crippen LogP contribution in [0.3, 0.4) is 0 Å². The summed E-state index contributed by atoms with van der Waals surface area (Å²) in [4.78, 5) is 23.4. The first-order valence-corrected chi connectivity index (χ1v) is 6.86. The smallest absolute Gasteiger partial charge is 0.347 e. The minimum atomic E-state index is -1.30. The number of nitrogens with one attached hydrogen (secondary N) is 2. The summed E-state index contributed by atoms with van der Waals surface area (Å²) in [5.74, 6) is 4.90. The maximum Gasteiger partial charge on any atom is 0.359 e. The van der Waals surface area contributed by atoms with E-state index in [1.54, 1.807) is 0 Å². The van der Waals surface area contributed by atoms with Crippen LogP contribution in [0.25, 0.3) is 0 Å². The molecule has 7 nitrogen and oxygen atoms in total. The lowest BCUT2D eigenvalue weighted by molar-refractivity contribution is -0.140. The lowest BCUT2D eigenvalue weighted by atomic mass is 9.98. The van der Waals surface area contributed by atoms with E-state index >= 15 is 0 Å². The number of carbonyl (C=O) groups excluding carboxylic acids is 2. The molecule has 0 radical (unpaired) electrons. The number of nitrogens with zero attached hydrogens (tertiary/aromatic N) is 1. The molecule has 1 heterocycles. The predicted molar refractivity (Wildman–Crippen MR) is 68.1 cm³/mol. The van der Waals surface area contributed by atoms with Gasteiger partial charge in [-0.15, -0.1) is 0 Å². The first-order chi connectivity index (χ1) is 8.47. The zero-order valence-electron chi connectivity index (χ0n) is 10.7. The highest BCUT2D eigenvalue weighted by Gasteiger charge is 2.58. The Bertz CT molecular complexity index is 352. The summed E-state index contributed by atoms with van der Waals surface area (Å²) in [6.07, 6.45) is 1.27. The lowest BCUT2D eigenvalue weighted by Gasteiger charge is -2.37. The maximum absolute atomic E-state index is 12.2. The molecule has 8 heteroatoms. The molecule has 0 aliphatic carbocycles. The van der Waals surface area contributed by atoms with Crippen LogP contribution in [0.15, 0.2) is 0 Å². The van der Waals surface area contributed by atoms with Crippen molar-refractivity contribution in [3.63, 3.8) is 0 Å². The Morgan fingerprint density at radius 3 is 2.83 bits per heavy atom. The van der Waals surface area contributed by atoms with Crippen molar-refractivity contribution in [3.8, 4) is 0 Å². The van der Waals surface area contributed by atoms with E-state index in [0.29, 0.717) is 19.5 Å². The Kier molecular flexibility index (Phi) is 5.19. The van der Waals surface area contributed by atoms with Crippen molar-refractivity contribution in [1.29, 1.82) is 0 Å². The average molecular weight is 275 g/mol. The predicted octanol–water partition coefficient (Wildman–Crippen LogP) is -0.683. The van der Waals surface area contributed by atoms with E-state index in [0.717, 1.165) is 11.4 Å². The molecule has 3 atom stereocenters. The van der Waals surface area contributed by atoms with Gasteiger partial charge in [0.1, 0.15) is 6.04 Å². The van der Waals surface area contributed by atoms with Gasteiger partial charge in [-0.05, 0) is 19.4 Å². The minimum absolute atomic E-state index is 0.251. The van der Waals surface area contributed by atoms with Gasteiger partial charge in [-0.25, -0.2) is 5.84 Å². The van der Waals surface area contributed by atoms with Crippen molar-refractivity contribution in [1.82, 2.24) is 15.6 Å². The van der Waals surface area contributed by atoms with E-state index in [2.05, 4.69) is 10.6 Å². The van der Waals surface area contributed by atoms with Gasteiger partial charge >= 0.3 is 19.6 Å². The van der Waals surface area contributed by atoms with Crippen LogP contribution in [0, 0.1) is 0 Å². The number of amides is 2. The normalized spacial score (nSPS) is 28.5. The minimum Gasteiger partial charge on any atom is -0.347 e. The topological polar surface area (TPSA) is 105 Å². The first-order valence-electron chi connectivity index (χ1n) is 5.96. The van der Waals surface area contributed by atoms with Gasteiger partial charge in [0.15, 0.2) is 0 Å². The highest BCUT2D eigenvalue weighted by molar-refractivity contribution is 7.28. The van der Waals surface area contributed by atoms with Crippen LogP contribution < -0.4 is 16.5 Å². The third-order valence-electron chi connectivity index (χ3n) is 2.97. The summed E-state index contributed by atoms with van der Waals surface area (Å²) in [5, 5.41) is 5.43. The number of hydrazine groups is 1. The first kappa shape index (κ1) is 15.0. The molecule has 18 heavy (non-hydrogen) atoms. The molecule has 2 amide bonds. The van der Waals surface area contributed by atoms with Crippen LogP contribution in [-0.4, -0.2) is 41.2 Å². The molecule has 1 aliphatic rings. The van der Waals surface area contributed by atoms with Crippen LogP contribution in [0.1, 0.15) is 26.7 Å². The number of rotatable bonds is 5. The Morgan fingerprint density at radius 1 is 1.67 bits per heavy atom. The van der Waals surface area contributed by atoms with Gasteiger partial charge in [-0.1, -0.05) is 11.5 Å². The Hall–Kier alpha value is -1.04. The number of carbonyl (C=O) groups is 2. The average Bonchev–Trinajstić information content (AvgIpc) is 2.34. The molecule has 1 saturated heterocycles. The molecule has 4 N–H and O–H groups in total. The van der Waals surface area contributed by atoms with Gasteiger partial charge in [0.25, 0.3) is 0 Å². The highest BCUT2D eigenvalue weighted by Crippen LogP contribution is 2.31. The molecular formula is C10H20N4O3P+. The summed E-state index contributed by atoms with van der Waals surface area (Å²) in [6.45, 7) is 4.18. The van der Waals surface area contributed by atoms with Crippen molar-refractivity contribution in [2.45, 2.75) is 38.0 Å². The Morgan fingerprint density at radius 2 is 2.33 bits per heavy atom. The zero-order valence-corrected chi connectivity index (χ0v) is 11.7. The van der Waals surface area contributed by atoms with Gasteiger partial charge in [0, 0.05) is 13.5 Å². The summed E-state index contributed by atoms with van der Waals surface area (Å²) in [5.41, 5.74) is 0. The van der Waals surface area contributed by atoms with Crippen molar-refractivity contribution >= 4 is 20.3 Å². The second-order valence-corrected chi connectivity index (χ2v) is 5.37. The lowest BCUT2D eigenvalue weighted by Crippen LogP contribution is -2.70. The van der Waals surface area contributed by atoms with Crippen LogP contribution in [0.2, 0.25) is 0 Å². The third kappa shape index (κ3) is 2.85. The molecule has 2 unspecified atom stereocenters. The molecule has 102 valence electrons. The fraction of sp³-hybridized carbons (Fsp3) is 0.800. The summed E-state index contributed by atoms with van der Waals surface area (Å²) in [7, 11) is -0.914. The van der Waals surface area contributed by atoms with Crippen molar-refractivity contribution in [2.24, 2.45) is 5.84 Å². The van der Waals surface area contributed by atoms with Gasteiger partial charge in [-0.3, -0.25) is 19.9 Å². The molecule has 0 spiro atoms. The molecular weight excluding hydrogens is 255 g/mol. The molecule has 0 bridgehead atoms. The fourth-order valence-corrected chi connectivity index (χ4v) is 2.85. The maximum atomic E-state index is 12.2. The second-order valence-electron chi connectivity index (χ2n) is 4.38. The molecule has 1 rings (SSSR count). The van der Waals surface area contributed by atoms with Crippen molar-refractivity contribution in [2.75, 3.05) is 13.1 Å². The summed E-state index contributed by atoms with van der Waals surface area (Å²) in [6, 6.07) is -0.496. The fourth-order valence-electron chi connectivity index (χ4n) is 2.06. The van der Waals surface area contributed by atoms with Gasteiger partial charge < -0.3 is 5.32 Å². The number of hydrogen-bond acceptors (Lipinski definition) is 5. The van der Waals surface area contributed by atoms with E-state index in [4.69, 9.17) is 5.84 Å². The number of piperidine rings is 1. The standard InChI is InChI=1S/C10H19N4O3P/c1-3-5-12-10(18-17)8(13-7(2)15)4-6-14(11)9(10)16/h8,12H,3-6,11H2,1-2H3,(H,13,15)/p+1/t8?,10-/m0/s1. The van der Waals surface area contributed by atoms with Crippen LogP contribution in [0.4, 0.5) is 0 Å². The molecule has 1 aliphatic heterocycles. The number of hydrogen-bond donors (Lipinski definition) is 3. The molecule has 0 aromatic rings. The monoisotopic (exact) mass is 275 g/mol. The Balaban J connectivity index is 3.01. The second kappa shape index (κ2) is 6.22. The van der Waals surface area contributed by atoms with Crippen LogP contribution in [0.5, 0.6) is 0 Å². The van der Waals surface area contributed by atoms with E-state index in [1.807, 2.05) is 6.92 Å². The molecule has 0 saturated carbocycles. The zero-order chi connectivity index (χ0) is 13.8. The van der Waals surface area contributed by atoms with E-state index < -0.39 is 25.7 Å². The van der Waals surface area contributed by atoms with Crippen LogP contribution in [-0.2, 0) is 14.2 Å². The largest absolute Gasteiger partial charge is 0.359 e. The van der Waals surface area contributed by atoms with E-state index in [-0.39, 0.29) is 5.91 Å². The molecule has 1 fully saturated rings. The molecule has 0 aromatic carbocycles.